The molecule has 2 aromatic rings. The molecule has 1 aromatic carbocycles. The lowest BCUT2D eigenvalue weighted by atomic mass is 9.97. The second kappa shape index (κ2) is 4.78. The van der Waals surface area contributed by atoms with Gasteiger partial charge in [0.2, 0.25) is 0 Å². The molecule has 0 radical (unpaired) electrons. The van der Waals surface area contributed by atoms with Gasteiger partial charge >= 0.3 is 0 Å². The van der Waals surface area contributed by atoms with Crippen molar-refractivity contribution >= 4 is 27.3 Å². The van der Waals surface area contributed by atoms with Crippen LogP contribution in [0.15, 0.2) is 24.3 Å². The van der Waals surface area contributed by atoms with Gasteiger partial charge in [0.05, 0.1) is 16.6 Å². The molecule has 3 nitrogen and oxygen atoms in total. The van der Waals surface area contributed by atoms with Crippen LogP contribution >= 0.6 is 11.3 Å². The van der Waals surface area contributed by atoms with Gasteiger partial charge in [-0.2, -0.15) is 0 Å². The number of hydrogen-bond acceptors (Lipinski definition) is 4. The van der Waals surface area contributed by atoms with Gasteiger partial charge in [0.1, 0.15) is 10.8 Å². The quantitative estimate of drug-likeness (QED) is 0.922. The summed E-state index contributed by atoms with van der Waals surface area (Å²) in [5, 5.41) is 0.917. The third kappa shape index (κ3) is 2.18. The van der Waals surface area contributed by atoms with Crippen LogP contribution in [0.3, 0.4) is 0 Å². The van der Waals surface area contributed by atoms with Crippen molar-refractivity contribution < 1.29 is 4.79 Å². The Morgan fingerprint density at radius 1 is 1.39 bits per heavy atom. The summed E-state index contributed by atoms with van der Waals surface area (Å²) in [4.78, 5) is 16.7. The highest BCUT2D eigenvalue weighted by atomic mass is 32.1. The van der Waals surface area contributed by atoms with Crippen LogP contribution in [-0.4, -0.2) is 16.8 Å². The van der Waals surface area contributed by atoms with Gasteiger partial charge in [-0.3, -0.25) is 4.79 Å². The Bertz CT molecular complexity index is 545. The van der Waals surface area contributed by atoms with E-state index in [2.05, 4.69) is 4.98 Å². The molecule has 0 aliphatic heterocycles. The standard InChI is InChI=1S/C14H16N2OS/c15-10-5-3-4-9(10)12(17)8-14-16-11-6-1-2-7-13(11)18-14/h1-2,6-7,9-10H,3-5,8,15H2. The van der Waals surface area contributed by atoms with E-state index in [1.807, 2.05) is 24.3 Å². The Morgan fingerprint density at radius 2 is 2.22 bits per heavy atom. The van der Waals surface area contributed by atoms with E-state index in [9.17, 15) is 4.79 Å². The SMILES string of the molecule is NC1CCCC1C(=O)Cc1nc2ccccc2s1. The molecule has 94 valence electrons. The highest BCUT2D eigenvalue weighted by Crippen LogP contribution is 2.28. The van der Waals surface area contributed by atoms with E-state index in [1.54, 1.807) is 11.3 Å². The molecule has 1 heterocycles. The van der Waals surface area contributed by atoms with E-state index in [4.69, 9.17) is 5.73 Å². The molecular formula is C14H16N2OS. The number of ketones is 1. The van der Waals surface area contributed by atoms with Crippen molar-refractivity contribution in [2.45, 2.75) is 31.7 Å². The fraction of sp³-hybridized carbons (Fsp3) is 0.429. The van der Waals surface area contributed by atoms with Gasteiger partial charge in [0.25, 0.3) is 0 Å². The predicted molar refractivity (Wildman–Crippen MR) is 73.6 cm³/mol. The lowest BCUT2D eigenvalue weighted by Crippen LogP contribution is -2.31. The lowest BCUT2D eigenvalue weighted by molar-refractivity contribution is -0.122. The van der Waals surface area contributed by atoms with Crippen LogP contribution in [0.4, 0.5) is 0 Å². The zero-order valence-corrected chi connectivity index (χ0v) is 11.0. The van der Waals surface area contributed by atoms with E-state index in [1.165, 1.54) is 0 Å². The topological polar surface area (TPSA) is 56.0 Å². The predicted octanol–water partition coefficient (Wildman–Crippen LogP) is 2.54. The average Bonchev–Trinajstić information content (AvgIpc) is 2.94. The minimum atomic E-state index is 0.0528. The smallest absolute Gasteiger partial charge is 0.144 e. The summed E-state index contributed by atoms with van der Waals surface area (Å²) in [6.45, 7) is 0. The largest absolute Gasteiger partial charge is 0.327 e. The first-order valence-corrected chi connectivity index (χ1v) is 7.18. The van der Waals surface area contributed by atoms with Gasteiger partial charge in [0, 0.05) is 12.0 Å². The molecule has 18 heavy (non-hydrogen) atoms. The van der Waals surface area contributed by atoms with Crippen molar-refractivity contribution in [3.63, 3.8) is 0 Å². The van der Waals surface area contributed by atoms with Crippen LogP contribution in [-0.2, 0) is 11.2 Å². The third-order valence-corrected chi connectivity index (χ3v) is 4.68. The summed E-state index contributed by atoms with van der Waals surface area (Å²) in [6, 6.07) is 8.06. The Labute approximate surface area is 110 Å². The maximum absolute atomic E-state index is 12.2. The van der Waals surface area contributed by atoms with Crippen LogP contribution < -0.4 is 5.73 Å². The van der Waals surface area contributed by atoms with Gasteiger partial charge in [-0.05, 0) is 25.0 Å². The highest BCUT2D eigenvalue weighted by molar-refractivity contribution is 7.18. The van der Waals surface area contributed by atoms with Gasteiger partial charge < -0.3 is 5.73 Å². The minimum Gasteiger partial charge on any atom is -0.327 e. The van der Waals surface area contributed by atoms with Gasteiger partial charge in [-0.25, -0.2) is 4.98 Å². The van der Waals surface area contributed by atoms with Crippen LogP contribution in [0.1, 0.15) is 24.3 Å². The highest BCUT2D eigenvalue weighted by Gasteiger charge is 2.30. The maximum atomic E-state index is 12.2. The fourth-order valence-electron chi connectivity index (χ4n) is 2.66. The number of nitrogens with zero attached hydrogens (tertiary/aromatic N) is 1. The van der Waals surface area contributed by atoms with E-state index in [0.717, 1.165) is 34.5 Å². The van der Waals surface area contributed by atoms with Crippen molar-refractivity contribution in [3.05, 3.63) is 29.3 Å². The third-order valence-electron chi connectivity index (χ3n) is 3.65. The second-order valence-electron chi connectivity index (χ2n) is 4.92. The molecule has 2 unspecified atom stereocenters. The molecule has 4 heteroatoms. The number of hydrogen-bond donors (Lipinski definition) is 1. The van der Waals surface area contributed by atoms with Gasteiger partial charge in [-0.15, -0.1) is 11.3 Å². The summed E-state index contributed by atoms with van der Waals surface area (Å²) >= 11 is 1.61. The molecular weight excluding hydrogens is 244 g/mol. The number of Topliss-reactive ketones (excluding diaryl/α,β-unsaturated/α-hetero) is 1. The molecule has 2 atom stereocenters. The van der Waals surface area contributed by atoms with E-state index in [-0.39, 0.29) is 17.7 Å². The summed E-state index contributed by atoms with van der Waals surface area (Å²) in [7, 11) is 0. The summed E-state index contributed by atoms with van der Waals surface area (Å²) < 4.78 is 1.15. The Balaban J connectivity index is 1.77. The van der Waals surface area contributed by atoms with Crippen LogP contribution in [0.2, 0.25) is 0 Å². The van der Waals surface area contributed by atoms with Crippen molar-refractivity contribution in [2.75, 3.05) is 0 Å². The molecule has 0 spiro atoms. The van der Waals surface area contributed by atoms with E-state index >= 15 is 0 Å². The second-order valence-corrected chi connectivity index (χ2v) is 6.03. The number of aromatic nitrogens is 1. The zero-order valence-electron chi connectivity index (χ0n) is 10.1. The first kappa shape index (κ1) is 11.8. The number of carbonyl (C=O) groups excluding carboxylic acids is 1. The summed E-state index contributed by atoms with van der Waals surface area (Å²) in [6.07, 6.45) is 3.45. The first-order chi connectivity index (χ1) is 8.74. The maximum Gasteiger partial charge on any atom is 0.144 e. The van der Waals surface area contributed by atoms with E-state index < -0.39 is 0 Å². The number of nitrogens with two attached hydrogens (primary N) is 1. The van der Waals surface area contributed by atoms with Gasteiger partial charge in [0.15, 0.2) is 0 Å². The zero-order chi connectivity index (χ0) is 12.5. The molecule has 1 aromatic heterocycles. The monoisotopic (exact) mass is 260 g/mol. The van der Waals surface area contributed by atoms with Crippen molar-refractivity contribution in [2.24, 2.45) is 11.7 Å². The molecule has 2 N–H and O–H groups in total. The summed E-state index contributed by atoms with van der Waals surface area (Å²) in [5.41, 5.74) is 6.96. The minimum absolute atomic E-state index is 0.0528. The molecule has 3 rings (SSSR count). The molecule has 1 saturated carbocycles. The Hall–Kier alpha value is -1.26. The number of thiazole rings is 1. The number of carbonyl (C=O) groups is 1. The van der Waals surface area contributed by atoms with Crippen LogP contribution in [0.5, 0.6) is 0 Å². The summed E-state index contributed by atoms with van der Waals surface area (Å²) in [5.74, 6) is 0.316. The Morgan fingerprint density at radius 3 is 2.94 bits per heavy atom. The molecule has 0 bridgehead atoms. The van der Waals surface area contributed by atoms with Crippen molar-refractivity contribution in [1.29, 1.82) is 0 Å². The molecule has 1 fully saturated rings. The fourth-order valence-corrected chi connectivity index (χ4v) is 3.64. The molecule has 1 aliphatic carbocycles. The number of fused-ring (bicyclic) bond motifs is 1. The molecule has 0 amide bonds. The number of benzene rings is 1. The molecule has 0 saturated heterocycles. The first-order valence-electron chi connectivity index (χ1n) is 6.37. The lowest BCUT2D eigenvalue weighted by Gasteiger charge is -2.12. The van der Waals surface area contributed by atoms with Crippen LogP contribution in [0.25, 0.3) is 10.2 Å². The number of rotatable bonds is 3. The molecule has 1 aliphatic rings. The Kier molecular flexibility index (Phi) is 3.14. The van der Waals surface area contributed by atoms with Gasteiger partial charge in [-0.1, -0.05) is 18.6 Å². The average molecular weight is 260 g/mol. The van der Waals surface area contributed by atoms with Crippen molar-refractivity contribution in [3.8, 4) is 0 Å². The number of para-hydroxylation sites is 1. The van der Waals surface area contributed by atoms with Crippen LogP contribution in [0, 0.1) is 5.92 Å². The normalized spacial score (nSPS) is 23.6. The van der Waals surface area contributed by atoms with Crippen molar-refractivity contribution in [1.82, 2.24) is 4.98 Å². The van der Waals surface area contributed by atoms with E-state index in [0.29, 0.717) is 6.42 Å².